The third-order valence-corrected chi connectivity index (χ3v) is 3.90. The normalized spacial score (nSPS) is 10.4. The molecule has 6 heteroatoms. The molecule has 6 nitrogen and oxygen atoms in total. The highest BCUT2D eigenvalue weighted by Gasteiger charge is 2.07. The van der Waals surface area contributed by atoms with Gasteiger partial charge in [-0.1, -0.05) is 60.7 Å². The van der Waals surface area contributed by atoms with Crippen LogP contribution in [0, 0.1) is 10.1 Å². The highest BCUT2D eigenvalue weighted by Crippen LogP contribution is 2.13. The fourth-order valence-electron chi connectivity index (χ4n) is 2.52. The fourth-order valence-corrected chi connectivity index (χ4v) is 2.52. The molecule has 0 aliphatic heterocycles. The monoisotopic (exact) mass is 371 g/mol. The second-order valence-electron chi connectivity index (χ2n) is 5.85. The Morgan fingerprint density at radius 2 is 1.39 bits per heavy atom. The second-order valence-corrected chi connectivity index (χ2v) is 5.85. The number of nitrogens with zero attached hydrogens (tertiary/aromatic N) is 2. The number of nitrogens with one attached hydrogen (secondary N) is 1. The van der Waals surface area contributed by atoms with E-state index in [0.717, 1.165) is 11.1 Å². The van der Waals surface area contributed by atoms with Crippen LogP contribution in [0.1, 0.15) is 16.7 Å². The van der Waals surface area contributed by atoms with Crippen molar-refractivity contribution in [3.63, 3.8) is 0 Å². The average Bonchev–Trinajstić information content (AvgIpc) is 2.74. The summed E-state index contributed by atoms with van der Waals surface area (Å²) >= 11 is 0. The van der Waals surface area contributed by atoms with Crippen molar-refractivity contribution in [2.45, 2.75) is 0 Å². The van der Waals surface area contributed by atoms with Gasteiger partial charge in [-0.15, -0.1) is 0 Å². The molecule has 0 aliphatic carbocycles. The number of nitro groups is 1. The van der Waals surface area contributed by atoms with E-state index in [9.17, 15) is 14.9 Å². The summed E-state index contributed by atoms with van der Waals surface area (Å²) in [7, 11) is 0. The highest BCUT2D eigenvalue weighted by atomic mass is 16.6. The molecule has 3 aromatic rings. The molecule has 0 atom stereocenters. The van der Waals surface area contributed by atoms with Crippen molar-refractivity contribution < 1.29 is 9.72 Å². The van der Waals surface area contributed by atoms with Crippen LogP contribution in [-0.2, 0) is 4.79 Å². The van der Waals surface area contributed by atoms with Gasteiger partial charge in [0.05, 0.1) is 10.6 Å². The van der Waals surface area contributed by atoms with Crippen molar-refractivity contribution in [3.8, 4) is 0 Å². The molecule has 0 saturated carbocycles. The Morgan fingerprint density at radius 3 is 1.89 bits per heavy atom. The van der Waals surface area contributed by atoms with Gasteiger partial charge in [0, 0.05) is 29.3 Å². The van der Waals surface area contributed by atoms with Gasteiger partial charge in [0.1, 0.15) is 0 Å². The van der Waals surface area contributed by atoms with Crippen molar-refractivity contribution in [3.05, 3.63) is 118 Å². The van der Waals surface area contributed by atoms with Gasteiger partial charge in [-0.05, 0) is 23.8 Å². The predicted octanol–water partition coefficient (Wildman–Crippen LogP) is 4.18. The van der Waals surface area contributed by atoms with Crippen molar-refractivity contribution in [1.82, 2.24) is 5.43 Å². The van der Waals surface area contributed by atoms with Gasteiger partial charge < -0.3 is 0 Å². The number of non-ortho nitro benzene ring substituents is 1. The zero-order valence-electron chi connectivity index (χ0n) is 14.9. The number of hydrogen-bond donors (Lipinski definition) is 1. The highest BCUT2D eigenvalue weighted by molar-refractivity contribution is 6.13. The lowest BCUT2D eigenvalue weighted by Gasteiger charge is -2.07. The van der Waals surface area contributed by atoms with Crippen LogP contribution in [0.25, 0.3) is 6.08 Å². The first-order chi connectivity index (χ1) is 13.6. The van der Waals surface area contributed by atoms with Crippen LogP contribution < -0.4 is 5.43 Å². The van der Waals surface area contributed by atoms with Crippen molar-refractivity contribution >= 4 is 23.4 Å². The van der Waals surface area contributed by atoms with E-state index < -0.39 is 10.8 Å². The molecule has 0 radical (unpaired) electrons. The zero-order chi connectivity index (χ0) is 19.8. The summed E-state index contributed by atoms with van der Waals surface area (Å²) in [4.78, 5) is 22.3. The van der Waals surface area contributed by atoms with Gasteiger partial charge >= 0.3 is 0 Å². The van der Waals surface area contributed by atoms with E-state index in [4.69, 9.17) is 0 Å². The van der Waals surface area contributed by atoms with Crippen molar-refractivity contribution in [2.24, 2.45) is 5.10 Å². The second kappa shape index (κ2) is 9.05. The Balaban J connectivity index is 1.75. The number of hydrogen-bond acceptors (Lipinski definition) is 4. The van der Waals surface area contributed by atoms with E-state index in [1.807, 2.05) is 60.7 Å². The van der Waals surface area contributed by atoms with Gasteiger partial charge in [-0.3, -0.25) is 14.9 Å². The number of carbonyl (C=O) groups excluding carboxylic acids is 1. The summed E-state index contributed by atoms with van der Waals surface area (Å²) in [6, 6.07) is 25.1. The molecule has 1 amide bonds. The topological polar surface area (TPSA) is 84.6 Å². The van der Waals surface area contributed by atoms with Crippen LogP contribution in [0.15, 0.2) is 96.1 Å². The Bertz CT molecular complexity index is 970. The van der Waals surface area contributed by atoms with Gasteiger partial charge in [-0.2, -0.15) is 5.10 Å². The summed E-state index contributed by atoms with van der Waals surface area (Å²) in [5.41, 5.74) is 5.63. The quantitative estimate of drug-likeness (QED) is 0.305. The Morgan fingerprint density at radius 1 is 0.857 bits per heavy atom. The van der Waals surface area contributed by atoms with E-state index in [-0.39, 0.29) is 5.69 Å². The first-order valence-electron chi connectivity index (χ1n) is 8.54. The molecule has 0 heterocycles. The molecule has 0 saturated heterocycles. The van der Waals surface area contributed by atoms with Crippen LogP contribution in [0.4, 0.5) is 5.69 Å². The molecule has 0 fully saturated rings. The number of amides is 1. The molecule has 0 aromatic heterocycles. The van der Waals surface area contributed by atoms with Crippen molar-refractivity contribution in [2.75, 3.05) is 0 Å². The maximum Gasteiger partial charge on any atom is 0.269 e. The molecule has 0 unspecified atom stereocenters. The lowest BCUT2D eigenvalue weighted by atomic mass is 10.0. The summed E-state index contributed by atoms with van der Waals surface area (Å²) in [5, 5.41) is 15.0. The number of nitro benzene ring substituents is 1. The Kier molecular flexibility index (Phi) is 6.05. The SMILES string of the molecule is O=C(/C=C/c1ccc([N+](=O)[O-])cc1)NN=C(c1ccccc1)c1ccccc1. The average molecular weight is 371 g/mol. The Hall–Kier alpha value is -4.06. The predicted molar refractivity (Wildman–Crippen MR) is 109 cm³/mol. The summed E-state index contributed by atoms with van der Waals surface area (Å²) in [6.45, 7) is 0. The number of rotatable bonds is 6. The summed E-state index contributed by atoms with van der Waals surface area (Å²) in [5.74, 6) is -0.400. The van der Waals surface area contributed by atoms with Gasteiger partial charge in [0.25, 0.3) is 11.6 Å². The molecule has 3 aromatic carbocycles. The van der Waals surface area contributed by atoms with E-state index in [1.54, 1.807) is 18.2 Å². The minimum atomic E-state index is -0.469. The van der Waals surface area contributed by atoms with Crippen LogP contribution in [-0.4, -0.2) is 16.5 Å². The lowest BCUT2D eigenvalue weighted by molar-refractivity contribution is -0.384. The first-order valence-corrected chi connectivity index (χ1v) is 8.54. The molecule has 3 rings (SSSR count). The van der Waals surface area contributed by atoms with E-state index in [1.165, 1.54) is 18.2 Å². The Labute approximate surface area is 162 Å². The molecule has 1 N–H and O–H groups in total. The summed E-state index contributed by atoms with van der Waals surface area (Å²) < 4.78 is 0. The minimum absolute atomic E-state index is 0.00145. The van der Waals surface area contributed by atoms with E-state index in [0.29, 0.717) is 11.3 Å². The zero-order valence-corrected chi connectivity index (χ0v) is 14.9. The molecule has 0 aliphatic rings. The van der Waals surface area contributed by atoms with Crippen LogP contribution in [0.3, 0.4) is 0 Å². The van der Waals surface area contributed by atoms with E-state index >= 15 is 0 Å². The lowest BCUT2D eigenvalue weighted by Crippen LogP contribution is -2.18. The van der Waals surface area contributed by atoms with Crippen LogP contribution in [0.2, 0.25) is 0 Å². The summed E-state index contributed by atoms with van der Waals surface area (Å²) in [6.07, 6.45) is 2.90. The van der Waals surface area contributed by atoms with E-state index in [2.05, 4.69) is 10.5 Å². The van der Waals surface area contributed by atoms with Gasteiger partial charge in [-0.25, -0.2) is 5.43 Å². The molecular weight excluding hydrogens is 354 g/mol. The fraction of sp³-hybridized carbons (Fsp3) is 0. The largest absolute Gasteiger partial charge is 0.269 e. The molecule has 28 heavy (non-hydrogen) atoms. The standard InChI is InChI=1S/C22H17N3O3/c26-21(16-13-17-11-14-20(15-12-17)25(27)28)23-24-22(18-7-3-1-4-8-18)19-9-5-2-6-10-19/h1-16H,(H,23,26)/b16-13+. The minimum Gasteiger partial charge on any atom is -0.268 e. The first kappa shape index (κ1) is 18.7. The van der Waals surface area contributed by atoms with Gasteiger partial charge in [0.15, 0.2) is 0 Å². The maximum absolute atomic E-state index is 12.1. The number of hydrazone groups is 1. The third kappa shape index (κ3) is 4.98. The van der Waals surface area contributed by atoms with Gasteiger partial charge in [0.2, 0.25) is 0 Å². The smallest absolute Gasteiger partial charge is 0.268 e. The third-order valence-electron chi connectivity index (χ3n) is 3.90. The van der Waals surface area contributed by atoms with Crippen LogP contribution >= 0.6 is 0 Å². The van der Waals surface area contributed by atoms with Crippen molar-refractivity contribution in [1.29, 1.82) is 0 Å². The molecular formula is C22H17N3O3. The molecule has 0 bridgehead atoms. The molecule has 138 valence electrons. The van der Waals surface area contributed by atoms with Crippen LogP contribution in [0.5, 0.6) is 0 Å². The number of benzene rings is 3. The number of carbonyl (C=O) groups is 1. The maximum atomic E-state index is 12.1. The molecule has 0 spiro atoms.